The van der Waals surface area contributed by atoms with Crippen molar-refractivity contribution in [2.75, 3.05) is 0 Å². The van der Waals surface area contributed by atoms with Crippen molar-refractivity contribution in [3.05, 3.63) is 0 Å². The Balaban J connectivity index is 2.63. The normalized spacial score (nSPS) is 33.7. The van der Waals surface area contributed by atoms with Crippen molar-refractivity contribution in [2.45, 2.75) is 58.0 Å². The Bertz CT molecular complexity index is 217. The summed E-state index contributed by atoms with van der Waals surface area (Å²) in [6.07, 6.45) is 4.89. The van der Waals surface area contributed by atoms with Crippen molar-refractivity contribution in [3.63, 3.8) is 0 Å². The Morgan fingerprint density at radius 2 is 1.93 bits per heavy atom. The zero-order valence-electron chi connectivity index (χ0n) is 9.70. The maximum Gasteiger partial charge on any atom is 0.309 e. The zero-order chi connectivity index (χ0) is 11.5. The summed E-state index contributed by atoms with van der Waals surface area (Å²) in [6, 6.07) is 0. The van der Waals surface area contributed by atoms with Crippen molar-refractivity contribution >= 4 is 5.97 Å². The minimum absolute atomic E-state index is 0.516. The van der Waals surface area contributed by atoms with Crippen LogP contribution < -0.4 is 0 Å². The fourth-order valence-corrected chi connectivity index (χ4v) is 2.72. The van der Waals surface area contributed by atoms with Gasteiger partial charge in [0.15, 0.2) is 0 Å². The van der Waals surface area contributed by atoms with Gasteiger partial charge in [0.1, 0.15) is 0 Å². The van der Waals surface area contributed by atoms with E-state index in [4.69, 9.17) is 5.11 Å². The van der Waals surface area contributed by atoms with E-state index in [9.17, 15) is 9.90 Å². The summed E-state index contributed by atoms with van der Waals surface area (Å²) in [5.41, 5.74) is -0.952. The minimum atomic E-state index is -0.952. The highest BCUT2D eigenvalue weighted by Gasteiger charge is 2.42. The SMILES string of the molecule is CCC1CCC(O)(C(CC)C(=O)O)CC1. The van der Waals surface area contributed by atoms with Crippen LogP contribution in [0.3, 0.4) is 0 Å². The van der Waals surface area contributed by atoms with Gasteiger partial charge in [-0.2, -0.15) is 0 Å². The molecule has 0 aromatic carbocycles. The lowest BCUT2D eigenvalue weighted by molar-refractivity contribution is -0.156. The summed E-state index contributed by atoms with van der Waals surface area (Å²) in [5, 5.41) is 19.4. The predicted molar refractivity (Wildman–Crippen MR) is 58.6 cm³/mol. The van der Waals surface area contributed by atoms with E-state index in [2.05, 4.69) is 6.92 Å². The topological polar surface area (TPSA) is 57.5 Å². The van der Waals surface area contributed by atoms with E-state index < -0.39 is 17.5 Å². The van der Waals surface area contributed by atoms with Gasteiger partial charge in [0.05, 0.1) is 11.5 Å². The first kappa shape index (κ1) is 12.5. The first-order chi connectivity index (χ1) is 7.03. The molecule has 0 heterocycles. The van der Waals surface area contributed by atoms with Gasteiger partial charge in [0.25, 0.3) is 0 Å². The van der Waals surface area contributed by atoms with Gasteiger partial charge in [-0.1, -0.05) is 20.3 Å². The first-order valence-corrected chi connectivity index (χ1v) is 5.98. The number of hydrogen-bond donors (Lipinski definition) is 2. The first-order valence-electron chi connectivity index (χ1n) is 5.98. The average Bonchev–Trinajstić information content (AvgIpc) is 2.19. The molecule has 88 valence electrons. The van der Waals surface area contributed by atoms with Crippen molar-refractivity contribution in [3.8, 4) is 0 Å². The van der Waals surface area contributed by atoms with Crippen LogP contribution in [0, 0.1) is 11.8 Å². The fourth-order valence-electron chi connectivity index (χ4n) is 2.72. The Hall–Kier alpha value is -0.570. The molecule has 1 unspecified atom stereocenters. The molecule has 0 spiro atoms. The lowest BCUT2D eigenvalue weighted by Crippen LogP contribution is -2.44. The van der Waals surface area contributed by atoms with Crippen LogP contribution in [0.2, 0.25) is 0 Å². The van der Waals surface area contributed by atoms with Crippen LogP contribution in [-0.2, 0) is 4.79 Å². The fraction of sp³-hybridized carbons (Fsp3) is 0.917. The minimum Gasteiger partial charge on any atom is -0.481 e. The number of carbonyl (C=O) groups is 1. The molecule has 1 saturated carbocycles. The molecule has 3 heteroatoms. The second kappa shape index (κ2) is 4.97. The van der Waals surface area contributed by atoms with Crippen LogP contribution in [0.15, 0.2) is 0 Å². The summed E-state index contributed by atoms with van der Waals surface area (Å²) in [6.45, 7) is 3.99. The van der Waals surface area contributed by atoms with E-state index in [0.717, 1.165) is 19.3 Å². The second-order valence-electron chi connectivity index (χ2n) is 4.75. The highest BCUT2D eigenvalue weighted by molar-refractivity contribution is 5.71. The highest BCUT2D eigenvalue weighted by atomic mass is 16.4. The van der Waals surface area contributed by atoms with Gasteiger partial charge in [0.2, 0.25) is 0 Å². The molecule has 1 aliphatic carbocycles. The molecule has 1 rings (SSSR count). The monoisotopic (exact) mass is 214 g/mol. The molecule has 0 saturated heterocycles. The van der Waals surface area contributed by atoms with Crippen LogP contribution in [-0.4, -0.2) is 21.8 Å². The summed E-state index contributed by atoms with van der Waals surface area (Å²) >= 11 is 0. The molecule has 15 heavy (non-hydrogen) atoms. The molecule has 3 nitrogen and oxygen atoms in total. The van der Waals surface area contributed by atoms with Crippen LogP contribution in [0.4, 0.5) is 0 Å². The summed E-state index contributed by atoms with van der Waals surface area (Å²) < 4.78 is 0. The van der Waals surface area contributed by atoms with Crippen LogP contribution in [0.1, 0.15) is 52.4 Å². The van der Waals surface area contributed by atoms with Crippen molar-refractivity contribution in [1.29, 1.82) is 0 Å². The van der Waals surface area contributed by atoms with Crippen molar-refractivity contribution in [2.24, 2.45) is 11.8 Å². The maximum atomic E-state index is 11.0. The Morgan fingerprint density at radius 1 is 1.40 bits per heavy atom. The number of carboxylic acids is 1. The van der Waals surface area contributed by atoms with Crippen LogP contribution >= 0.6 is 0 Å². The summed E-state index contributed by atoms with van der Waals surface area (Å²) in [4.78, 5) is 11.0. The van der Waals surface area contributed by atoms with Gasteiger partial charge in [0, 0.05) is 0 Å². The predicted octanol–water partition coefficient (Wildman–Crippen LogP) is 2.43. The highest BCUT2D eigenvalue weighted by Crippen LogP contribution is 2.39. The van der Waals surface area contributed by atoms with Crippen molar-refractivity contribution < 1.29 is 15.0 Å². The molecule has 1 atom stereocenters. The van der Waals surface area contributed by atoms with E-state index in [0.29, 0.717) is 25.2 Å². The molecule has 0 radical (unpaired) electrons. The molecule has 0 aromatic rings. The smallest absolute Gasteiger partial charge is 0.309 e. The van der Waals surface area contributed by atoms with Crippen molar-refractivity contribution in [1.82, 2.24) is 0 Å². The molecular formula is C12H22O3. The number of rotatable bonds is 4. The summed E-state index contributed by atoms with van der Waals surface area (Å²) in [7, 11) is 0. The maximum absolute atomic E-state index is 11.0. The molecular weight excluding hydrogens is 192 g/mol. The molecule has 1 fully saturated rings. The van der Waals surface area contributed by atoms with E-state index in [1.165, 1.54) is 0 Å². The van der Waals surface area contributed by atoms with Gasteiger partial charge in [-0.25, -0.2) is 0 Å². The molecule has 0 bridgehead atoms. The molecule has 0 amide bonds. The quantitative estimate of drug-likeness (QED) is 0.755. The van der Waals surface area contributed by atoms with Crippen LogP contribution in [0.25, 0.3) is 0 Å². The van der Waals surface area contributed by atoms with E-state index in [-0.39, 0.29) is 0 Å². The lowest BCUT2D eigenvalue weighted by atomic mass is 9.71. The molecule has 1 aliphatic rings. The largest absolute Gasteiger partial charge is 0.481 e. The average molecular weight is 214 g/mol. The third kappa shape index (κ3) is 2.71. The number of hydrogen-bond acceptors (Lipinski definition) is 2. The number of aliphatic hydroxyl groups is 1. The molecule has 2 N–H and O–H groups in total. The zero-order valence-corrected chi connectivity index (χ0v) is 9.70. The van der Waals surface area contributed by atoms with Gasteiger partial charge < -0.3 is 10.2 Å². The Morgan fingerprint density at radius 3 is 2.27 bits per heavy atom. The summed E-state index contributed by atoms with van der Waals surface area (Å²) in [5.74, 6) is -0.762. The Kier molecular flexibility index (Phi) is 4.14. The standard InChI is InChI=1S/C12H22O3/c1-3-9-5-7-12(15,8-6-9)10(4-2)11(13)14/h9-10,15H,3-8H2,1-2H3,(H,13,14). The van der Waals surface area contributed by atoms with E-state index in [1.54, 1.807) is 0 Å². The second-order valence-corrected chi connectivity index (χ2v) is 4.75. The lowest BCUT2D eigenvalue weighted by Gasteiger charge is -2.39. The van der Waals surface area contributed by atoms with Gasteiger partial charge in [-0.3, -0.25) is 4.79 Å². The van der Waals surface area contributed by atoms with Gasteiger partial charge >= 0.3 is 5.97 Å². The van der Waals surface area contributed by atoms with Gasteiger partial charge in [-0.15, -0.1) is 0 Å². The number of carboxylic acid groups (broad SMARTS) is 1. The van der Waals surface area contributed by atoms with Gasteiger partial charge in [-0.05, 0) is 38.0 Å². The van der Waals surface area contributed by atoms with Crippen LogP contribution in [0.5, 0.6) is 0 Å². The van der Waals surface area contributed by atoms with E-state index >= 15 is 0 Å². The molecule has 0 aromatic heterocycles. The number of aliphatic carboxylic acids is 1. The molecule has 0 aliphatic heterocycles. The van der Waals surface area contributed by atoms with E-state index in [1.807, 2.05) is 6.92 Å². The third-order valence-electron chi connectivity index (χ3n) is 3.90. The Labute approximate surface area is 91.5 Å². The third-order valence-corrected chi connectivity index (χ3v) is 3.90.